The summed E-state index contributed by atoms with van der Waals surface area (Å²) in [5, 5.41) is 2.82. The van der Waals surface area contributed by atoms with Crippen LogP contribution in [0.3, 0.4) is 0 Å². The van der Waals surface area contributed by atoms with Gasteiger partial charge in [-0.05, 0) is 6.42 Å². The van der Waals surface area contributed by atoms with Crippen molar-refractivity contribution in [2.75, 3.05) is 19.6 Å². The predicted octanol–water partition coefficient (Wildman–Crippen LogP) is -1.81. The van der Waals surface area contributed by atoms with E-state index >= 15 is 0 Å². The van der Waals surface area contributed by atoms with Crippen molar-refractivity contribution in [2.24, 2.45) is 5.84 Å². The highest BCUT2D eigenvalue weighted by atomic mass is 16.2. The van der Waals surface area contributed by atoms with Gasteiger partial charge in [-0.25, -0.2) is 5.84 Å². The summed E-state index contributed by atoms with van der Waals surface area (Å²) < 4.78 is 0. The summed E-state index contributed by atoms with van der Waals surface area (Å²) in [5.74, 6) is 4.74. The second-order valence-corrected chi connectivity index (χ2v) is 3.49. The van der Waals surface area contributed by atoms with Crippen molar-refractivity contribution in [1.82, 2.24) is 15.6 Å². The summed E-state index contributed by atoms with van der Waals surface area (Å²) in [6.07, 6.45) is 0.886. The molecule has 6 nitrogen and oxygen atoms in total. The highest BCUT2D eigenvalue weighted by Gasteiger charge is 2.23. The zero-order valence-corrected chi connectivity index (χ0v) is 8.25. The lowest BCUT2D eigenvalue weighted by molar-refractivity contribution is -0.122. The van der Waals surface area contributed by atoms with Crippen LogP contribution in [0.25, 0.3) is 0 Å². The van der Waals surface area contributed by atoms with E-state index in [2.05, 4.69) is 10.7 Å². The zero-order valence-electron chi connectivity index (χ0n) is 8.25. The van der Waals surface area contributed by atoms with Gasteiger partial charge in [0.2, 0.25) is 11.8 Å². The molecule has 1 atom stereocenters. The van der Waals surface area contributed by atoms with E-state index < -0.39 is 0 Å². The number of hydrogen-bond acceptors (Lipinski definition) is 4. The van der Waals surface area contributed by atoms with Crippen LogP contribution in [0.15, 0.2) is 0 Å². The summed E-state index contributed by atoms with van der Waals surface area (Å²) in [7, 11) is 0. The van der Waals surface area contributed by atoms with Gasteiger partial charge in [0, 0.05) is 26.1 Å². The lowest BCUT2D eigenvalue weighted by Gasteiger charge is -2.14. The zero-order chi connectivity index (χ0) is 10.6. The van der Waals surface area contributed by atoms with Crippen LogP contribution in [0.1, 0.15) is 13.3 Å². The van der Waals surface area contributed by atoms with Crippen molar-refractivity contribution in [1.29, 1.82) is 0 Å². The first-order valence-corrected chi connectivity index (χ1v) is 4.60. The molecule has 0 aromatic heterocycles. The Morgan fingerprint density at radius 2 is 2.29 bits per heavy atom. The number of nitrogens with one attached hydrogen (secondary N) is 2. The SMILES string of the molecule is CC(=O)NC1CCN(CC(=O)NN)C1. The van der Waals surface area contributed by atoms with E-state index in [9.17, 15) is 9.59 Å². The molecule has 0 spiro atoms. The Morgan fingerprint density at radius 3 is 2.86 bits per heavy atom. The number of likely N-dealkylation sites (tertiary alicyclic amines) is 1. The molecule has 1 rings (SSSR count). The van der Waals surface area contributed by atoms with Crippen LogP contribution in [-0.2, 0) is 9.59 Å². The van der Waals surface area contributed by atoms with Gasteiger partial charge in [-0.3, -0.25) is 19.9 Å². The van der Waals surface area contributed by atoms with E-state index in [1.165, 1.54) is 6.92 Å². The molecular weight excluding hydrogens is 184 g/mol. The summed E-state index contributed by atoms with van der Waals surface area (Å²) in [6.45, 7) is 3.33. The molecule has 0 aliphatic carbocycles. The maximum Gasteiger partial charge on any atom is 0.248 e. The molecule has 0 aromatic rings. The third kappa shape index (κ3) is 3.31. The number of amides is 2. The topological polar surface area (TPSA) is 87.5 Å². The number of hydrazine groups is 1. The standard InChI is InChI=1S/C8H16N4O2/c1-6(13)10-7-2-3-12(4-7)5-8(14)11-9/h7H,2-5,9H2,1H3,(H,10,13)(H,11,14). The Balaban J connectivity index is 2.27. The van der Waals surface area contributed by atoms with Crippen LogP contribution in [0, 0.1) is 0 Å². The maximum atomic E-state index is 10.9. The first-order chi connectivity index (χ1) is 6.61. The summed E-state index contributed by atoms with van der Waals surface area (Å²) in [5.41, 5.74) is 2.08. The third-order valence-electron chi connectivity index (χ3n) is 2.21. The smallest absolute Gasteiger partial charge is 0.248 e. The molecule has 1 fully saturated rings. The molecule has 0 aromatic carbocycles. The van der Waals surface area contributed by atoms with Gasteiger partial charge >= 0.3 is 0 Å². The largest absolute Gasteiger partial charge is 0.352 e. The number of hydrogen-bond donors (Lipinski definition) is 3. The van der Waals surface area contributed by atoms with Crippen LogP contribution >= 0.6 is 0 Å². The number of nitrogens with two attached hydrogens (primary N) is 1. The van der Waals surface area contributed by atoms with E-state index in [-0.39, 0.29) is 17.9 Å². The molecule has 80 valence electrons. The van der Waals surface area contributed by atoms with Gasteiger partial charge < -0.3 is 5.32 Å². The normalized spacial score (nSPS) is 22.0. The number of carbonyl (C=O) groups is 2. The summed E-state index contributed by atoms with van der Waals surface area (Å²) in [4.78, 5) is 23.6. The minimum Gasteiger partial charge on any atom is -0.352 e. The van der Waals surface area contributed by atoms with Crippen molar-refractivity contribution in [3.63, 3.8) is 0 Å². The summed E-state index contributed by atoms with van der Waals surface area (Å²) >= 11 is 0. The minimum atomic E-state index is -0.200. The number of nitrogens with zero attached hydrogens (tertiary/aromatic N) is 1. The van der Waals surface area contributed by atoms with E-state index in [1.54, 1.807) is 0 Å². The molecule has 0 radical (unpaired) electrons. The molecule has 0 saturated carbocycles. The summed E-state index contributed by atoms with van der Waals surface area (Å²) in [6, 6.07) is 0.165. The quantitative estimate of drug-likeness (QED) is 0.284. The molecule has 1 aliphatic rings. The van der Waals surface area contributed by atoms with Crippen LogP contribution < -0.4 is 16.6 Å². The van der Waals surface area contributed by atoms with Gasteiger partial charge in [-0.2, -0.15) is 0 Å². The van der Waals surface area contributed by atoms with Gasteiger partial charge in [0.25, 0.3) is 0 Å². The van der Waals surface area contributed by atoms with Crippen molar-refractivity contribution in [3.8, 4) is 0 Å². The lowest BCUT2D eigenvalue weighted by Crippen LogP contribution is -2.41. The van der Waals surface area contributed by atoms with Crippen LogP contribution in [0.5, 0.6) is 0 Å². The molecule has 14 heavy (non-hydrogen) atoms. The number of carbonyl (C=O) groups excluding carboxylic acids is 2. The average Bonchev–Trinajstić information content (AvgIpc) is 2.51. The first kappa shape index (κ1) is 10.9. The van der Waals surface area contributed by atoms with E-state index in [1.807, 2.05) is 4.90 Å². The van der Waals surface area contributed by atoms with Gasteiger partial charge in [0.05, 0.1) is 6.54 Å². The van der Waals surface area contributed by atoms with Gasteiger partial charge in [0.1, 0.15) is 0 Å². The van der Waals surface area contributed by atoms with Crippen LogP contribution in [0.4, 0.5) is 0 Å². The fourth-order valence-corrected chi connectivity index (χ4v) is 1.63. The van der Waals surface area contributed by atoms with Crippen molar-refractivity contribution in [3.05, 3.63) is 0 Å². The monoisotopic (exact) mass is 200 g/mol. The highest BCUT2D eigenvalue weighted by Crippen LogP contribution is 2.07. The van der Waals surface area contributed by atoms with E-state index in [0.29, 0.717) is 13.1 Å². The molecule has 2 amide bonds. The maximum absolute atomic E-state index is 10.9. The van der Waals surface area contributed by atoms with Crippen molar-refractivity contribution < 1.29 is 9.59 Å². The number of rotatable bonds is 3. The lowest BCUT2D eigenvalue weighted by atomic mass is 10.3. The Bertz CT molecular complexity index is 231. The van der Waals surface area contributed by atoms with Crippen molar-refractivity contribution in [2.45, 2.75) is 19.4 Å². The highest BCUT2D eigenvalue weighted by molar-refractivity contribution is 5.77. The van der Waals surface area contributed by atoms with Gasteiger partial charge in [-0.15, -0.1) is 0 Å². The van der Waals surface area contributed by atoms with Crippen LogP contribution in [0.2, 0.25) is 0 Å². The molecular formula is C8H16N4O2. The van der Waals surface area contributed by atoms with E-state index in [0.717, 1.165) is 13.0 Å². The van der Waals surface area contributed by atoms with E-state index in [4.69, 9.17) is 5.84 Å². The molecule has 0 bridgehead atoms. The molecule has 1 heterocycles. The third-order valence-corrected chi connectivity index (χ3v) is 2.21. The Kier molecular flexibility index (Phi) is 3.84. The Morgan fingerprint density at radius 1 is 1.57 bits per heavy atom. The Hall–Kier alpha value is -1.14. The van der Waals surface area contributed by atoms with Crippen LogP contribution in [-0.4, -0.2) is 42.4 Å². The predicted molar refractivity (Wildman–Crippen MR) is 51.0 cm³/mol. The van der Waals surface area contributed by atoms with Gasteiger partial charge in [-0.1, -0.05) is 0 Å². The average molecular weight is 200 g/mol. The first-order valence-electron chi connectivity index (χ1n) is 4.60. The molecule has 6 heteroatoms. The minimum absolute atomic E-state index is 0.0277. The Labute approximate surface area is 82.8 Å². The van der Waals surface area contributed by atoms with Crippen molar-refractivity contribution >= 4 is 11.8 Å². The molecule has 1 saturated heterocycles. The molecule has 1 aliphatic heterocycles. The second-order valence-electron chi connectivity index (χ2n) is 3.49. The molecule has 4 N–H and O–H groups in total. The van der Waals surface area contributed by atoms with Gasteiger partial charge in [0.15, 0.2) is 0 Å². The second kappa shape index (κ2) is 4.92. The molecule has 1 unspecified atom stereocenters. The fourth-order valence-electron chi connectivity index (χ4n) is 1.63. The fraction of sp³-hybridized carbons (Fsp3) is 0.750.